The first-order valence-corrected chi connectivity index (χ1v) is 6.37. The van der Waals surface area contributed by atoms with Gasteiger partial charge in [-0.05, 0) is 24.0 Å². The van der Waals surface area contributed by atoms with E-state index in [0.29, 0.717) is 25.1 Å². The summed E-state index contributed by atoms with van der Waals surface area (Å²) in [6.07, 6.45) is -3.85. The van der Waals surface area contributed by atoms with E-state index in [4.69, 9.17) is 4.74 Å². The van der Waals surface area contributed by atoms with Gasteiger partial charge in [0, 0.05) is 13.1 Å². The van der Waals surface area contributed by atoms with Gasteiger partial charge < -0.3 is 10.1 Å². The molecule has 1 saturated heterocycles. The lowest BCUT2D eigenvalue weighted by molar-refractivity contribution is -0.146. The first-order valence-electron chi connectivity index (χ1n) is 6.37. The Bertz CT molecular complexity index is 488. The number of esters is 1. The van der Waals surface area contributed by atoms with Crippen molar-refractivity contribution in [1.29, 1.82) is 0 Å². The number of rotatable bonds is 2. The maximum Gasteiger partial charge on any atom is 0.416 e. The minimum Gasteiger partial charge on any atom is -0.469 e. The zero-order valence-corrected chi connectivity index (χ0v) is 11.0. The van der Waals surface area contributed by atoms with Crippen LogP contribution in [0.1, 0.15) is 23.5 Å². The normalized spacial score (nSPS) is 23.4. The van der Waals surface area contributed by atoms with E-state index in [1.165, 1.54) is 13.2 Å². The average molecular weight is 287 g/mol. The smallest absolute Gasteiger partial charge is 0.416 e. The molecule has 0 amide bonds. The quantitative estimate of drug-likeness (QED) is 0.850. The first-order chi connectivity index (χ1) is 9.41. The summed E-state index contributed by atoms with van der Waals surface area (Å²) in [7, 11) is 1.32. The summed E-state index contributed by atoms with van der Waals surface area (Å²) in [5.41, 5.74) is -0.0591. The number of nitrogens with one attached hydrogen (secondary N) is 1. The Kier molecular flexibility index (Phi) is 4.32. The second kappa shape index (κ2) is 5.83. The van der Waals surface area contributed by atoms with E-state index in [9.17, 15) is 18.0 Å². The molecule has 20 heavy (non-hydrogen) atoms. The molecule has 1 heterocycles. The molecule has 0 spiro atoms. The fraction of sp³-hybridized carbons (Fsp3) is 0.500. The lowest BCUT2D eigenvalue weighted by Gasteiger charge is -2.29. The van der Waals surface area contributed by atoms with Crippen LogP contribution in [0, 0.1) is 5.92 Å². The summed E-state index contributed by atoms with van der Waals surface area (Å²) in [5, 5.41) is 3.07. The summed E-state index contributed by atoms with van der Waals surface area (Å²) < 4.78 is 42.8. The summed E-state index contributed by atoms with van der Waals surface area (Å²) >= 11 is 0. The van der Waals surface area contributed by atoms with E-state index in [0.717, 1.165) is 12.1 Å². The van der Waals surface area contributed by atoms with E-state index in [1.807, 2.05) is 0 Å². The van der Waals surface area contributed by atoms with Crippen LogP contribution in [-0.2, 0) is 15.7 Å². The third-order valence-corrected chi connectivity index (χ3v) is 3.57. The summed E-state index contributed by atoms with van der Waals surface area (Å²) in [4.78, 5) is 11.5. The molecule has 1 aromatic rings. The van der Waals surface area contributed by atoms with Gasteiger partial charge in [0.25, 0.3) is 0 Å². The molecule has 6 heteroatoms. The number of carbonyl (C=O) groups excluding carboxylic acids is 1. The maximum atomic E-state index is 12.7. The van der Waals surface area contributed by atoms with Gasteiger partial charge in [-0.15, -0.1) is 0 Å². The van der Waals surface area contributed by atoms with Crippen molar-refractivity contribution in [2.75, 3.05) is 20.2 Å². The molecule has 0 bridgehead atoms. The molecule has 2 rings (SSSR count). The molecule has 0 unspecified atom stereocenters. The molecule has 0 aliphatic carbocycles. The number of halogens is 3. The highest BCUT2D eigenvalue weighted by Gasteiger charge is 2.33. The molecule has 3 nitrogen and oxygen atoms in total. The molecule has 0 radical (unpaired) electrons. The van der Waals surface area contributed by atoms with Crippen molar-refractivity contribution < 1.29 is 22.7 Å². The van der Waals surface area contributed by atoms with Gasteiger partial charge in [-0.1, -0.05) is 18.2 Å². The van der Waals surface area contributed by atoms with Crippen molar-refractivity contribution in [1.82, 2.24) is 5.32 Å². The van der Waals surface area contributed by atoms with Crippen LogP contribution in [0.5, 0.6) is 0 Å². The van der Waals surface area contributed by atoms with E-state index in [-0.39, 0.29) is 17.8 Å². The summed E-state index contributed by atoms with van der Waals surface area (Å²) in [5.74, 6) is -0.752. The molecule has 1 aliphatic rings. The van der Waals surface area contributed by atoms with Gasteiger partial charge in [0.2, 0.25) is 0 Å². The predicted molar refractivity (Wildman–Crippen MR) is 67.2 cm³/mol. The highest BCUT2D eigenvalue weighted by Crippen LogP contribution is 2.33. The Morgan fingerprint density at radius 3 is 2.75 bits per heavy atom. The van der Waals surface area contributed by atoms with Gasteiger partial charge in [-0.25, -0.2) is 0 Å². The number of ether oxygens (including phenoxy) is 1. The molecule has 0 aromatic heterocycles. The fourth-order valence-electron chi connectivity index (χ4n) is 2.51. The van der Waals surface area contributed by atoms with E-state index >= 15 is 0 Å². The van der Waals surface area contributed by atoms with Crippen molar-refractivity contribution in [3.05, 3.63) is 35.4 Å². The van der Waals surface area contributed by atoms with Gasteiger partial charge in [0.05, 0.1) is 18.6 Å². The number of carbonyl (C=O) groups is 1. The van der Waals surface area contributed by atoms with Gasteiger partial charge in [-0.2, -0.15) is 13.2 Å². The predicted octanol–water partition coefficient (Wildman–Crippen LogP) is 2.57. The summed E-state index contributed by atoms with van der Waals surface area (Å²) in [6.45, 7) is 1.07. The van der Waals surface area contributed by atoms with Crippen LogP contribution in [0.25, 0.3) is 0 Å². The Hall–Kier alpha value is -1.56. The molecule has 1 aromatic carbocycles. The van der Waals surface area contributed by atoms with Crippen molar-refractivity contribution in [3.8, 4) is 0 Å². The minimum absolute atomic E-state index is 0.116. The van der Waals surface area contributed by atoms with Crippen LogP contribution in [-0.4, -0.2) is 26.2 Å². The first kappa shape index (κ1) is 14.8. The molecule has 1 aliphatic heterocycles. The third kappa shape index (κ3) is 3.30. The number of benzene rings is 1. The number of piperidine rings is 1. The SMILES string of the molecule is COC(=O)[C@H]1CNC[C@@H](c2cccc(C(F)(F)F)c2)C1. The van der Waals surface area contributed by atoms with Crippen molar-refractivity contribution in [2.45, 2.75) is 18.5 Å². The monoisotopic (exact) mass is 287 g/mol. The molecule has 2 atom stereocenters. The highest BCUT2D eigenvalue weighted by atomic mass is 19.4. The lowest BCUT2D eigenvalue weighted by Crippen LogP contribution is -2.39. The van der Waals surface area contributed by atoms with Crippen LogP contribution < -0.4 is 5.32 Å². The van der Waals surface area contributed by atoms with Gasteiger partial charge in [0.1, 0.15) is 0 Å². The van der Waals surface area contributed by atoms with Crippen LogP contribution in [0.4, 0.5) is 13.2 Å². The molecular formula is C14H16F3NO2. The van der Waals surface area contributed by atoms with Crippen molar-refractivity contribution in [3.63, 3.8) is 0 Å². The number of hydrogen-bond donors (Lipinski definition) is 1. The Morgan fingerprint density at radius 1 is 1.35 bits per heavy atom. The number of hydrogen-bond acceptors (Lipinski definition) is 3. The fourth-order valence-corrected chi connectivity index (χ4v) is 2.51. The maximum absolute atomic E-state index is 12.7. The highest BCUT2D eigenvalue weighted by molar-refractivity contribution is 5.72. The molecule has 1 fully saturated rings. The standard InChI is InChI=1S/C14H16F3NO2/c1-20-13(19)11-5-10(7-18-8-11)9-3-2-4-12(6-9)14(15,16)17/h2-4,6,10-11,18H,5,7-8H2,1H3/t10-,11+/m0/s1. The molecular weight excluding hydrogens is 271 g/mol. The summed E-state index contributed by atoms with van der Waals surface area (Å²) in [6, 6.07) is 5.28. The minimum atomic E-state index is -4.35. The Morgan fingerprint density at radius 2 is 2.10 bits per heavy atom. The van der Waals surface area contributed by atoms with Gasteiger partial charge in [-0.3, -0.25) is 4.79 Å². The largest absolute Gasteiger partial charge is 0.469 e. The Labute approximate surface area is 115 Å². The van der Waals surface area contributed by atoms with E-state index < -0.39 is 11.7 Å². The zero-order valence-electron chi connectivity index (χ0n) is 11.0. The van der Waals surface area contributed by atoms with Crippen LogP contribution in [0.3, 0.4) is 0 Å². The molecule has 1 N–H and O–H groups in total. The van der Waals surface area contributed by atoms with Crippen LogP contribution in [0.15, 0.2) is 24.3 Å². The van der Waals surface area contributed by atoms with Gasteiger partial charge in [0.15, 0.2) is 0 Å². The topological polar surface area (TPSA) is 38.3 Å². The van der Waals surface area contributed by atoms with Gasteiger partial charge >= 0.3 is 12.1 Å². The number of alkyl halides is 3. The molecule has 0 saturated carbocycles. The third-order valence-electron chi connectivity index (χ3n) is 3.57. The second-order valence-corrected chi connectivity index (χ2v) is 4.93. The van der Waals surface area contributed by atoms with E-state index in [2.05, 4.69) is 5.32 Å². The lowest BCUT2D eigenvalue weighted by atomic mass is 9.85. The van der Waals surface area contributed by atoms with Crippen molar-refractivity contribution >= 4 is 5.97 Å². The molecule has 110 valence electrons. The average Bonchev–Trinajstić information content (AvgIpc) is 2.46. The Balaban J connectivity index is 2.17. The number of methoxy groups -OCH3 is 1. The van der Waals surface area contributed by atoms with Crippen LogP contribution >= 0.6 is 0 Å². The van der Waals surface area contributed by atoms with Crippen molar-refractivity contribution in [2.24, 2.45) is 5.92 Å². The zero-order chi connectivity index (χ0) is 14.8. The van der Waals surface area contributed by atoms with Crippen LogP contribution in [0.2, 0.25) is 0 Å². The van der Waals surface area contributed by atoms with E-state index in [1.54, 1.807) is 6.07 Å². The second-order valence-electron chi connectivity index (χ2n) is 4.93.